The molecule has 0 saturated carbocycles. The summed E-state index contributed by atoms with van der Waals surface area (Å²) in [7, 11) is 0. The first-order chi connectivity index (χ1) is 13.1. The number of benzene rings is 3. The van der Waals surface area contributed by atoms with Gasteiger partial charge in [-0.05, 0) is 60.0 Å². The van der Waals surface area contributed by atoms with Gasteiger partial charge in [0.2, 0.25) is 0 Å². The molecule has 0 amide bonds. The smallest absolute Gasteiger partial charge is 0.137 e. The summed E-state index contributed by atoms with van der Waals surface area (Å²) < 4.78 is 26.4. The molecule has 0 fully saturated rings. The van der Waals surface area contributed by atoms with Crippen molar-refractivity contribution in [1.29, 1.82) is 0 Å². The van der Waals surface area contributed by atoms with E-state index in [0.29, 0.717) is 24.3 Å². The van der Waals surface area contributed by atoms with Crippen LogP contribution in [0.4, 0.5) is 4.39 Å². The molecule has 1 aliphatic heterocycles. The van der Waals surface area contributed by atoms with Crippen LogP contribution in [-0.4, -0.2) is 12.7 Å². The van der Waals surface area contributed by atoms with E-state index in [1.807, 2.05) is 42.5 Å². The second-order valence-corrected chi connectivity index (χ2v) is 7.85. The van der Waals surface area contributed by atoms with Gasteiger partial charge in [-0.2, -0.15) is 0 Å². The summed E-state index contributed by atoms with van der Waals surface area (Å²) in [6.45, 7) is 0.380. The van der Waals surface area contributed by atoms with Crippen molar-refractivity contribution in [2.24, 2.45) is 0 Å². The minimum atomic E-state index is -0.217. The van der Waals surface area contributed by atoms with Gasteiger partial charge in [-0.1, -0.05) is 45.7 Å². The van der Waals surface area contributed by atoms with Gasteiger partial charge in [0.05, 0.1) is 0 Å². The molecule has 0 bridgehead atoms. The van der Waals surface area contributed by atoms with E-state index in [1.54, 1.807) is 12.1 Å². The molecule has 5 heteroatoms. The van der Waals surface area contributed by atoms with Crippen molar-refractivity contribution >= 4 is 27.5 Å². The van der Waals surface area contributed by atoms with Crippen LogP contribution in [0.3, 0.4) is 0 Å². The highest BCUT2D eigenvalue weighted by molar-refractivity contribution is 9.10. The maximum Gasteiger partial charge on any atom is 0.137 e. The average molecular weight is 448 g/mol. The number of hydrogen-bond acceptors (Lipinski definition) is 2. The van der Waals surface area contributed by atoms with Crippen LogP contribution in [-0.2, 0) is 12.8 Å². The van der Waals surface area contributed by atoms with E-state index >= 15 is 0 Å². The lowest BCUT2D eigenvalue weighted by Crippen LogP contribution is -2.22. The van der Waals surface area contributed by atoms with Gasteiger partial charge in [0.15, 0.2) is 0 Å². The van der Waals surface area contributed by atoms with Crippen LogP contribution in [0.5, 0.6) is 11.5 Å². The molecule has 0 aromatic heterocycles. The fourth-order valence-electron chi connectivity index (χ4n) is 3.18. The second-order valence-electron chi connectivity index (χ2n) is 6.53. The van der Waals surface area contributed by atoms with E-state index in [1.165, 1.54) is 6.07 Å². The summed E-state index contributed by atoms with van der Waals surface area (Å²) in [6, 6.07) is 18.7. The first-order valence-corrected chi connectivity index (χ1v) is 9.85. The van der Waals surface area contributed by atoms with Crippen molar-refractivity contribution in [1.82, 2.24) is 0 Å². The summed E-state index contributed by atoms with van der Waals surface area (Å²) in [5.41, 5.74) is 2.85. The lowest BCUT2D eigenvalue weighted by molar-refractivity contribution is 0.148. The highest BCUT2D eigenvalue weighted by Crippen LogP contribution is 2.31. The zero-order chi connectivity index (χ0) is 18.8. The Morgan fingerprint density at radius 2 is 1.93 bits per heavy atom. The molecule has 0 N–H and O–H groups in total. The molecule has 2 nitrogen and oxygen atoms in total. The van der Waals surface area contributed by atoms with Crippen molar-refractivity contribution < 1.29 is 13.9 Å². The van der Waals surface area contributed by atoms with Gasteiger partial charge in [0, 0.05) is 21.5 Å². The summed E-state index contributed by atoms with van der Waals surface area (Å²) in [6.07, 6.45) is 1.11. The maximum atomic E-state index is 13.8. The third kappa shape index (κ3) is 4.28. The molecule has 1 atom stereocenters. The van der Waals surface area contributed by atoms with E-state index in [9.17, 15) is 4.39 Å². The minimum absolute atomic E-state index is 0.169. The van der Waals surface area contributed by atoms with Crippen LogP contribution in [0.2, 0.25) is 5.02 Å². The summed E-state index contributed by atoms with van der Waals surface area (Å²) in [5.74, 6) is 1.16. The molecule has 4 rings (SSSR count). The predicted molar refractivity (Wildman–Crippen MR) is 108 cm³/mol. The molecule has 0 aliphatic carbocycles. The third-order valence-corrected chi connectivity index (χ3v) is 5.42. The Morgan fingerprint density at radius 3 is 2.70 bits per heavy atom. The van der Waals surface area contributed by atoms with Gasteiger partial charge >= 0.3 is 0 Å². The Balaban J connectivity index is 1.35. The number of hydrogen-bond donors (Lipinski definition) is 0. The number of rotatable bonds is 5. The van der Waals surface area contributed by atoms with Gasteiger partial charge < -0.3 is 9.47 Å². The van der Waals surface area contributed by atoms with Crippen molar-refractivity contribution in [2.45, 2.75) is 18.9 Å². The molecular weight excluding hydrogens is 431 g/mol. The summed E-state index contributed by atoms with van der Waals surface area (Å²) in [4.78, 5) is 0. The normalized spacial score (nSPS) is 15.3. The van der Waals surface area contributed by atoms with Gasteiger partial charge in [0.25, 0.3) is 0 Å². The Hall–Kier alpha value is -2.04. The van der Waals surface area contributed by atoms with Crippen LogP contribution in [0.1, 0.15) is 16.7 Å². The van der Waals surface area contributed by atoms with Gasteiger partial charge in [-0.25, -0.2) is 4.39 Å². The largest absolute Gasteiger partial charge is 0.490 e. The molecular formula is C22H17BrClFO2. The SMILES string of the molecule is Fc1cccc2c1CC(COc1ccc(Cc3cc(Br)ccc3Cl)cc1)O2. The monoisotopic (exact) mass is 446 g/mol. The summed E-state index contributed by atoms with van der Waals surface area (Å²) >= 11 is 9.74. The van der Waals surface area contributed by atoms with E-state index < -0.39 is 0 Å². The molecule has 0 spiro atoms. The first-order valence-electron chi connectivity index (χ1n) is 8.68. The average Bonchev–Trinajstić information content (AvgIpc) is 3.09. The van der Waals surface area contributed by atoms with Crippen molar-refractivity contribution in [3.63, 3.8) is 0 Å². The lowest BCUT2D eigenvalue weighted by Gasteiger charge is -2.13. The van der Waals surface area contributed by atoms with Crippen LogP contribution >= 0.6 is 27.5 Å². The number of ether oxygens (including phenoxy) is 2. The Labute approximate surface area is 171 Å². The molecule has 27 heavy (non-hydrogen) atoms. The van der Waals surface area contributed by atoms with Crippen LogP contribution in [0, 0.1) is 5.82 Å². The quantitative estimate of drug-likeness (QED) is 0.462. The zero-order valence-corrected chi connectivity index (χ0v) is 16.8. The van der Waals surface area contributed by atoms with Crippen molar-refractivity contribution in [2.75, 3.05) is 6.61 Å². The predicted octanol–water partition coefficient (Wildman–Crippen LogP) is 6.21. The fourth-order valence-corrected chi connectivity index (χ4v) is 3.77. The maximum absolute atomic E-state index is 13.8. The zero-order valence-electron chi connectivity index (χ0n) is 14.4. The first kappa shape index (κ1) is 18.3. The fraction of sp³-hybridized carbons (Fsp3) is 0.182. The standard InChI is InChI=1S/C22H17BrClFO2/c23-16-6-9-20(24)15(11-16)10-14-4-7-17(8-5-14)26-13-18-12-19-21(25)2-1-3-22(19)27-18/h1-9,11,18H,10,12-13H2. The Kier molecular flexibility index (Phi) is 5.37. The second kappa shape index (κ2) is 7.91. The van der Waals surface area contributed by atoms with E-state index in [-0.39, 0.29) is 11.9 Å². The number of fused-ring (bicyclic) bond motifs is 1. The molecule has 3 aromatic rings. The molecule has 138 valence electrons. The molecule has 3 aromatic carbocycles. The van der Waals surface area contributed by atoms with E-state index in [0.717, 1.165) is 32.8 Å². The molecule has 1 heterocycles. The van der Waals surface area contributed by atoms with Crippen LogP contribution in [0.25, 0.3) is 0 Å². The minimum Gasteiger partial charge on any atom is -0.490 e. The van der Waals surface area contributed by atoms with Crippen molar-refractivity contribution in [3.05, 3.63) is 92.7 Å². The van der Waals surface area contributed by atoms with Crippen LogP contribution < -0.4 is 9.47 Å². The Morgan fingerprint density at radius 1 is 1.11 bits per heavy atom. The van der Waals surface area contributed by atoms with Gasteiger partial charge in [0.1, 0.15) is 30.0 Å². The number of halogens is 3. The van der Waals surface area contributed by atoms with E-state index in [4.69, 9.17) is 21.1 Å². The van der Waals surface area contributed by atoms with E-state index in [2.05, 4.69) is 15.9 Å². The Bertz CT molecular complexity index is 959. The lowest BCUT2D eigenvalue weighted by atomic mass is 10.0. The molecule has 0 radical (unpaired) electrons. The summed E-state index contributed by atoms with van der Waals surface area (Å²) in [5, 5.41) is 0.753. The third-order valence-electron chi connectivity index (χ3n) is 4.56. The molecule has 1 aliphatic rings. The molecule has 1 unspecified atom stereocenters. The highest BCUT2D eigenvalue weighted by atomic mass is 79.9. The topological polar surface area (TPSA) is 18.5 Å². The van der Waals surface area contributed by atoms with Crippen molar-refractivity contribution in [3.8, 4) is 11.5 Å². The van der Waals surface area contributed by atoms with Gasteiger partial charge in [-0.15, -0.1) is 0 Å². The van der Waals surface area contributed by atoms with Gasteiger partial charge in [-0.3, -0.25) is 0 Å². The highest BCUT2D eigenvalue weighted by Gasteiger charge is 2.26. The van der Waals surface area contributed by atoms with Crippen LogP contribution in [0.15, 0.2) is 65.1 Å². The molecule has 0 saturated heterocycles.